The van der Waals surface area contributed by atoms with Gasteiger partial charge in [0.15, 0.2) is 0 Å². The number of rotatable bonds is 14. The molecule has 414 valence electrons. The number of amides is 7. The van der Waals surface area contributed by atoms with Crippen molar-refractivity contribution in [3.05, 3.63) is 150 Å². The Morgan fingerprint density at radius 1 is 0.538 bits per heavy atom. The molecule has 1 aliphatic heterocycles. The fourth-order valence-electron chi connectivity index (χ4n) is 8.63. The number of aliphatic hydroxyl groups is 1. The lowest BCUT2D eigenvalue weighted by Crippen LogP contribution is -2.62. The van der Waals surface area contributed by atoms with Gasteiger partial charge in [0.25, 0.3) is 0 Å². The molecule has 1 aliphatic rings. The number of aliphatic hydroxyl groups excluding tert-OH is 1. The summed E-state index contributed by atoms with van der Waals surface area (Å²) in [6, 6.07) is 24.8. The molecule has 0 saturated carbocycles. The molecule has 7 amide bonds. The highest BCUT2D eigenvalue weighted by Gasteiger charge is 2.36. The minimum atomic E-state index is -1.71. The average molecular weight is 1110 g/mol. The third-order valence-electron chi connectivity index (χ3n) is 12.9. The average Bonchev–Trinajstić information content (AvgIpc) is 3.43. The van der Waals surface area contributed by atoms with Gasteiger partial charge in [-0.2, -0.15) is 0 Å². The maximum Gasteiger partial charge on any atom is 0.327 e. The summed E-state index contributed by atoms with van der Waals surface area (Å²) in [6.45, 7) is 1.48. The summed E-state index contributed by atoms with van der Waals surface area (Å²) in [5.41, 5.74) is 14.6. The number of benzene rings is 5. The number of carboxylic acid groups (broad SMARTS) is 1. The van der Waals surface area contributed by atoms with Crippen molar-refractivity contribution in [2.75, 3.05) is 18.1 Å². The second kappa shape index (κ2) is 29.9. The van der Waals surface area contributed by atoms with Crippen LogP contribution in [0.1, 0.15) is 48.4 Å². The van der Waals surface area contributed by atoms with E-state index in [4.69, 9.17) is 11.5 Å². The molecule has 5 aromatic rings. The van der Waals surface area contributed by atoms with Gasteiger partial charge in [-0.1, -0.05) is 137 Å². The van der Waals surface area contributed by atoms with Crippen LogP contribution in [0.3, 0.4) is 0 Å². The molecule has 22 heteroatoms. The number of unbranched alkanes of at least 4 members (excludes halogenated alkanes) is 1. The van der Waals surface area contributed by atoms with Gasteiger partial charge in [0.2, 0.25) is 41.4 Å². The summed E-state index contributed by atoms with van der Waals surface area (Å²) in [5, 5.41) is 51.7. The van der Waals surface area contributed by atoms with E-state index >= 15 is 0 Å². The second-order valence-corrected chi connectivity index (χ2v) is 21.5. The SMILES string of the molecule is C[C@@H](O)[C@@H]1NC(=O)[C@H](CCCCN)NC(=O)[C@H](Cc2cccc3ccccc23)NC(=O)[C@H](Cc2ccc(O)cc2)NC(=O)[C@@H](Cc2ccccc2)NC(=O)[C@@H](N)CSSC[C@H](C(=O)O)NC(=O)[C@H](Cc2ccccc2)NC1=O. The summed E-state index contributed by atoms with van der Waals surface area (Å²) < 4.78 is 0. The molecule has 0 bridgehead atoms. The van der Waals surface area contributed by atoms with Crippen molar-refractivity contribution in [3.63, 3.8) is 0 Å². The van der Waals surface area contributed by atoms with Gasteiger partial charge in [0.1, 0.15) is 48.0 Å². The zero-order valence-corrected chi connectivity index (χ0v) is 44.6. The lowest BCUT2D eigenvalue weighted by molar-refractivity contribution is -0.141. The van der Waals surface area contributed by atoms with E-state index in [1.54, 1.807) is 84.9 Å². The highest BCUT2D eigenvalue weighted by Crippen LogP contribution is 2.24. The first kappa shape index (κ1) is 59.7. The van der Waals surface area contributed by atoms with E-state index in [-0.39, 0.29) is 55.9 Å². The van der Waals surface area contributed by atoms with Crippen molar-refractivity contribution < 1.29 is 53.7 Å². The normalized spacial score (nSPS) is 23.3. The zero-order chi connectivity index (χ0) is 56.1. The number of aliphatic carboxylic acids is 1. The van der Waals surface area contributed by atoms with Crippen molar-refractivity contribution in [3.8, 4) is 5.75 Å². The van der Waals surface area contributed by atoms with E-state index in [2.05, 4.69) is 37.2 Å². The molecule has 0 radical (unpaired) electrons. The van der Waals surface area contributed by atoms with Crippen molar-refractivity contribution in [1.82, 2.24) is 37.2 Å². The number of fused-ring (bicyclic) bond motifs is 1. The van der Waals surface area contributed by atoms with Crippen LogP contribution >= 0.6 is 21.6 Å². The van der Waals surface area contributed by atoms with Crippen molar-refractivity contribution in [2.24, 2.45) is 11.5 Å². The lowest BCUT2D eigenvalue weighted by Gasteiger charge is -2.29. The number of carbonyl (C=O) groups excluding carboxylic acids is 7. The molecule has 78 heavy (non-hydrogen) atoms. The highest BCUT2D eigenvalue weighted by atomic mass is 33.1. The molecule has 14 N–H and O–H groups in total. The zero-order valence-electron chi connectivity index (χ0n) is 43.0. The van der Waals surface area contributed by atoms with Crippen LogP contribution in [0.15, 0.2) is 127 Å². The molecule has 1 saturated heterocycles. The predicted octanol–water partition coefficient (Wildman–Crippen LogP) is 1.53. The molecule has 0 aromatic heterocycles. The number of carbonyl (C=O) groups is 8. The fraction of sp³-hybridized carbons (Fsp3) is 0.357. The molecule has 0 unspecified atom stereocenters. The smallest absolute Gasteiger partial charge is 0.327 e. The fourth-order valence-corrected chi connectivity index (χ4v) is 10.9. The topological polar surface area (TPSA) is 333 Å². The Kier molecular flexibility index (Phi) is 22.9. The minimum Gasteiger partial charge on any atom is -0.508 e. The Morgan fingerprint density at radius 2 is 1.00 bits per heavy atom. The number of carboxylic acids is 1. The second-order valence-electron chi connectivity index (χ2n) is 19.0. The third kappa shape index (κ3) is 18.0. The quantitative estimate of drug-likeness (QED) is 0.0554. The van der Waals surface area contributed by atoms with Gasteiger partial charge < -0.3 is 64.0 Å². The van der Waals surface area contributed by atoms with E-state index in [9.17, 15) is 53.7 Å². The van der Waals surface area contributed by atoms with Gasteiger partial charge in [0, 0.05) is 37.2 Å². The molecule has 1 fully saturated rings. The molecular weight excluding hydrogens is 1040 g/mol. The van der Waals surface area contributed by atoms with Crippen LogP contribution in [-0.4, -0.2) is 135 Å². The van der Waals surface area contributed by atoms with Gasteiger partial charge >= 0.3 is 5.97 Å². The largest absolute Gasteiger partial charge is 0.508 e. The molecule has 20 nitrogen and oxygen atoms in total. The van der Waals surface area contributed by atoms with Crippen molar-refractivity contribution in [1.29, 1.82) is 0 Å². The van der Waals surface area contributed by atoms with Gasteiger partial charge in [-0.3, -0.25) is 33.6 Å². The summed E-state index contributed by atoms with van der Waals surface area (Å²) >= 11 is 0. The summed E-state index contributed by atoms with van der Waals surface area (Å²) in [4.78, 5) is 114. The summed E-state index contributed by atoms with van der Waals surface area (Å²) in [7, 11) is 2.04. The lowest BCUT2D eigenvalue weighted by atomic mass is 9.97. The van der Waals surface area contributed by atoms with Crippen molar-refractivity contribution in [2.45, 2.75) is 106 Å². The van der Waals surface area contributed by atoms with E-state index in [1.807, 2.05) is 30.3 Å². The minimum absolute atomic E-state index is 0.0124. The monoisotopic (exact) mass is 1110 g/mol. The first-order valence-corrected chi connectivity index (χ1v) is 28.0. The third-order valence-corrected chi connectivity index (χ3v) is 15.4. The maximum atomic E-state index is 14.9. The Balaban J connectivity index is 1.41. The Hall–Kier alpha value is -7.50. The highest BCUT2D eigenvalue weighted by molar-refractivity contribution is 8.76. The first-order valence-electron chi connectivity index (χ1n) is 25.6. The number of nitrogens with two attached hydrogens (primary N) is 2. The Bertz CT molecular complexity index is 2840. The van der Waals surface area contributed by atoms with Crippen LogP contribution < -0.4 is 48.7 Å². The van der Waals surface area contributed by atoms with E-state index < -0.39 is 102 Å². The number of phenolic OH excluding ortho intramolecular Hbond substituents is 1. The molecule has 0 aliphatic carbocycles. The molecule has 1 heterocycles. The van der Waals surface area contributed by atoms with E-state index in [0.717, 1.165) is 32.4 Å². The Labute approximate surface area is 459 Å². The molecule has 9 atom stereocenters. The van der Waals surface area contributed by atoms with Gasteiger partial charge in [-0.05, 0) is 77.9 Å². The number of hydrogen-bond donors (Lipinski definition) is 12. The number of aromatic hydroxyl groups is 1. The first-order chi connectivity index (χ1) is 37.5. The Morgan fingerprint density at radius 3 is 1.56 bits per heavy atom. The molecule has 5 aromatic carbocycles. The van der Waals surface area contributed by atoms with Gasteiger partial charge in [-0.15, -0.1) is 0 Å². The number of phenols is 1. The standard InChI is InChI=1S/C56H67N9O11S2/c1-33(66)48-55(74)63-45(28-35-15-6-3-7-16-35)53(72)64-47(56(75)76)32-78-77-31-41(58)49(68)60-43(27-34-13-4-2-5-14-34)51(70)61-44(29-36-22-24-39(67)25-23-36)52(71)62-46(30-38-19-12-18-37-17-8-9-20-40(37)38)54(73)59-42(50(69)65-48)21-10-11-26-57/h2-9,12-20,22-25,33,41-48,66-67H,10-11,21,26-32,57-58H2,1H3,(H,59,73)(H,60,68)(H,61,70)(H,62,71)(H,63,74)(H,64,72)(H,65,69)(H,75,76)/t33-,41+,42+,43-,44+,45+,46+,47-,48+/m1/s1. The van der Waals surface area contributed by atoms with Crippen LogP contribution in [-0.2, 0) is 64.0 Å². The maximum absolute atomic E-state index is 14.9. The van der Waals surface area contributed by atoms with E-state index in [1.165, 1.54) is 19.1 Å². The van der Waals surface area contributed by atoms with Crippen LogP contribution in [0, 0.1) is 0 Å². The van der Waals surface area contributed by atoms with Gasteiger partial charge in [-0.25, -0.2) is 4.79 Å². The number of nitrogens with one attached hydrogen (secondary N) is 7. The van der Waals surface area contributed by atoms with Crippen LogP contribution in [0.4, 0.5) is 0 Å². The molecule has 6 rings (SSSR count). The summed E-state index contributed by atoms with van der Waals surface area (Å²) in [5.74, 6) is -7.71. The van der Waals surface area contributed by atoms with Crippen molar-refractivity contribution >= 4 is 79.7 Å². The summed E-state index contributed by atoms with van der Waals surface area (Å²) in [6.07, 6.45) is -1.28. The molecule has 0 spiro atoms. The van der Waals surface area contributed by atoms with E-state index in [0.29, 0.717) is 35.1 Å². The predicted molar refractivity (Wildman–Crippen MR) is 298 cm³/mol. The van der Waals surface area contributed by atoms with Crippen LogP contribution in [0.25, 0.3) is 10.8 Å². The molecular formula is C56H67N9O11S2. The van der Waals surface area contributed by atoms with Gasteiger partial charge in [0.05, 0.1) is 12.1 Å². The van der Waals surface area contributed by atoms with Crippen LogP contribution in [0.5, 0.6) is 5.75 Å². The number of hydrogen-bond acceptors (Lipinski definition) is 14. The van der Waals surface area contributed by atoms with Crippen LogP contribution in [0.2, 0.25) is 0 Å².